The maximum atomic E-state index is 12.6. The molecule has 2 rings (SSSR count). The highest BCUT2D eigenvalue weighted by molar-refractivity contribution is 5.98. The molecular weight excluding hydrogens is 241 g/mol. The summed E-state index contributed by atoms with van der Waals surface area (Å²) in [6.07, 6.45) is 0. The Bertz CT molecular complexity index is 552. The number of hydrogen-bond acceptors (Lipinski definition) is 6. The van der Waals surface area contributed by atoms with E-state index in [1.54, 1.807) is 12.1 Å². The maximum absolute atomic E-state index is 12.6. The van der Waals surface area contributed by atoms with Crippen molar-refractivity contribution >= 4 is 11.7 Å². The Balaban J connectivity index is 1.95. The second-order valence-corrected chi connectivity index (χ2v) is 3.37. The van der Waals surface area contributed by atoms with E-state index in [4.69, 9.17) is 16.3 Å². The Labute approximate surface area is 101 Å². The molecule has 0 saturated carbocycles. The quantitative estimate of drug-likeness (QED) is 0.468. The number of oxime groups is 1. The summed E-state index contributed by atoms with van der Waals surface area (Å²) in [5, 5.41) is 10.4. The number of anilines is 1. The Kier molecular flexibility index (Phi) is 3.37. The van der Waals surface area contributed by atoms with E-state index in [1.807, 2.05) is 0 Å². The molecule has 94 valence electrons. The van der Waals surface area contributed by atoms with E-state index in [9.17, 15) is 4.39 Å². The molecule has 1 heterocycles. The predicted octanol–water partition coefficient (Wildman–Crippen LogP) is 0.628. The number of nitrogens with zero attached hydrogens (tertiary/aromatic N) is 3. The largest absolute Gasteiger partial charge is 0.389 e. The summed E-state index contributed by atoms with van der Waals surface area (Å²) in [4.78, 5) is 4.98. The van der Waals surface area contributed by atoms with Crippen molar-refractivity contribution in [2.75, 3.05) is 5.73 Å². The van der Waals surface area contributed by atoms with Gasteiger partial charge in [-0.25, -0.2) is 9.02 Å². The van der Waals surface area contributed by atoms with Gasteiger partial charge < -0.3 is 16.3 Å². The molecule has 18 heavy (non-hydrogen) atoms. The van der Waals surface area contributed by atoms with Crippen molar-refractivity contribution in [3.8, 4) is 0 Å². The number of benzene rings is 1. The minimum atomic E-state index is -0.316. The number of halogens is 1. The van der Waals surface area contributed by atoms with Crippen LogP contribution in [0.15, 0.2) is 34.1 Å². The second kappa shape index (κ2) is 5.13. The topological polar surface area (TPSA) is 113 Å². The second-order valence-electron chi connectivity index (χ2n) is 3.37. The molecule has 0 saturated heterocycles. The third-order valence-corrected chi connectivity index (χ3v) is 2.06. The zero-order valence-electron chi connectivity index (χ0n) is 9.21. The van der Waals surface area contributed by atoms with Crippen LogP contribution < -0.4 is 11.5 Å². The van der Waals surface area contributed by atoms with Crippen molar-refractivity contribution in [3.05, 3.63) is 41.3 Å². The fourth-order valence-corrected chi connectivity index (χ4v) is 1.17. The first-order valence-electron chi connectivity index (χ1n) is 4.95. The third kappa shape index (κ3) is 2.73. The van der Waals surface area contributed by atoms with E-state index in [0.717, 1.165) is 5.56 Å². The van der Waals surface area contributed by atoms with Crippen LogP contribution in [0.5, 0.6) is 0 Å². The number of nitrogens with two attached hydrogens (primary N) is 2. The van der Waals surface area contributed by atoms with Gasteiger partial charge in [0.25, 0.3) is 0 Å². The highest BCUT2D eigenvalue weighted by Gasteiger charge is 2.10. The molecule has 7 nitrogen and oxygen atoms in total. The number of aromatic nitrogens is 2. The molecule has 0 spiro atoms. The number of amidine groups is 1. The van der Waals surface area contributed by atoms with Crippen LogP contribution in [0, 0.1) is 5.82 Å². The SMILES string of the molecule is NC(=NOCc1ccc(F)cc1)c1nonc1N. The summed E-state index contributed by atoms with van der Waals surface area (Å²) >= 11 is 0. The first kappa shape index (κ1) is 11.8. The normalized spacial score (nSPS) is 11.5. The van der Waals surface area contributed by atoms with Gasteiger partial charge in [-0.1, -0.05) is 17.3 Å². The molecule has 0 aliphatic heterocycles. The van der Waals surface area contributed by atoms with Crippen LogP contribution in [0.1, 0.15) is 11.3 Å². The molecule has 0 aliphatic rings. The molecule has 0 aliphatic carbocycles. The first-order chi connectivity index (χ1) is 8.66. The summed E-state index contributed by atoms with van der Waals surface area (Å²) in [6.45, 7) is 0.145. The minimum absolute atomic E-state index is 0.0293. The van der Waals surface area contributed by atoms with Crippen LogP contribution in [0.4, 0.5) is 10.2 Å². The lowest BCUT2D eigenvalue weighted by Crippen LogP contribution is -2.16. The van der Waals surface area contributed by atoms with Crippen molar-refractivity contribution in [2.24, 2.45) is 10.9 Å². The van der Waals surface area contributed by atoms with Gasteiger partial charge in [0.1, 0.15) is 12.4 Å². The van der Waals surface area contributed by atoms with Gasteiger partial charge in [-0.2, -0.15) is 0 Å². The van der Waals surface area contributed by atoms with E-state index < -0.39 is 0 Å². The molecule has 1 aromatic heterocycles. The van der Waals surface area contributed by atoms with Gasteiger partial charge in [-0.05, 0) is 28.0 Å². The van der Waals surface area contributed by atoms with Crippen LogP contribution in [0.25, 0.3) is 0 Å². The predicted molar refractivity (Wildman–Crippen MR) is 60.6 cm³/mol. The molecule has 0 atom stereocenters. The molecule has 2 aromatic rings. The molecule has 8 heteroatoms. The Hall–Kier alpha value is -2.64. The zero-order valence-corrected chi connectivity index (χ0v) is 9.21. The van der Waals surface area contributed by atoms with Crippen molar-refractivity contribution in [2.45, 2.75) is 6.61 Å². The van der Waals surface area contributed by atoms with Crippen molar-refractivity contribution in [1.29, 1.82) is 0 Å². The van der Waals surface area contributed by atoms with E-state index >= 15 is 0 Å². The molecule has 0 radical (unpaired) electrons. The summed E-state index contributed by atoms with van der Waals surface area (Å²) in [6, 6.07) is 5.80. The van der Waals surface area contributed by atoms with Gasteiger partial charge in [-0.15, -0.1) is 0 Å². The first-order valence-corrected chi connectivity index (χ1v) is 4.95. The Morgan fingerprint density at radius 3 is 2.67 bits per heavy atom. The summed E-state index contributed by atoms with van der Waals surface area (Å²) in [7, 11) is 0. The van der Waals surface area contributed by atoms with Gasteiger partial charge in [0, 0.05) is 0 Å². The summed E-state index contributed by atoms with van der Waals surface area (Å²) in [5.41, 5.74) is 11.8. The summed E-state index contributed by atoms with van der Waals surface area (Å²) < 4.78 is 17.0. The van der Waals surface area contributed by atoms with Crippen molar-refractivity contribution in [3.63, 3.8) is 0 Å². The summed E-state index contributed by atoms with van der Waals surface area (Å²) in [5.74, 6) is -0.333. The van der Waals surface area contributed by atoms with Gasteiger partial charge in [0.15, 0.2) is 17.3 Å². The fraction of sp³-hybridized carbons (Fsp3) is 0.100. The highest BCUT2D eigenvalue weighted by Crippen LogP contribution is 2.06. The lowest BCUT2D eigenvalue weighted by molar-refractivity contribution is 0.130. The van der Waals surface area contributed by atoms with E-state index in [1.165, 1.54) is 12.1 Å². The van der Waals surface area contributed by atoms with Crippen LogP contribution in [-0.4, -0.2) is 16.1 Å². The highest BCUT2D eigenvalue weighted by atomic mass is 19.1. The van der Waals surface area contributed by atoms with Crippen LogP contribution in [-0.2, 0) is 11.4 Å². The number of nitrogen functional groups attached to an aromatic ring is 1. The fourth-order valence-electron chi connectivity index (χ4n) is 1.17. The van der Waals surface area contributed by atoms with Gasteiger partial charge in [0.05, 0.1) is 0 Å². The number of rotatable bonds is 4. The lowest BCUT2D eigenvalue weighted by atomic mass is 10.2. The van der Waals surface area contributed by atoms with E-state index in [-0.39, 0.29) is 29.8 Å². The van der Waals surface area contributed by atoms with Crippen LogP contribution in [0.3, 0.4) is 0 Å². The van der Waals surface area contributed by atoms with Crippen molar-refractivity contribution < 1.29 is 13.9 Å². The van der Waals surface area contributed by atoms with Crippen LogP contribution >= 0.6 is 0 Å². The molecular formula is C10H10FN5O2. The minimum Gasteiger partial charge on any atom is -0.389 e. The lowest BCUT2D eigenvalue weighted by Gasteiger charge is -2.00. The van der Waals surface area contributed by atoms with Crippen LogP contribution in [0.2, 0.25) is 0 Å². The molecule has 0 fully saturated rings. The monoisotopic (exact) mass is 251 g/mol. The van der Waals surface area contributed by atoms with E-state index in [0.29, 0.717) is 0 Å². The molecule has 4 N–H and O–H groups in total. The average molecular weight is 251 g/mol. The molecule has 0 amide bonds. The standard InChI is InChI=1S/C10H10FN5O2/c11-7-3-1-6(2-4-7)5-17-15-9(12)8-10(13)16-18-14-8/h1-4H,5H2,(H2,12,15)(H2,13,16). The maximum Gasteiger partial charge on any atom is 0.199 e. The van der Waals surface area contributed by atoms with Crippen molar-refractivity contribution in [1.82, 2.24) is 10.3 Å². The van der Waals surface area contributed by atoms with E-state index in [2.05, 4.69) is 20.1 Å². The average Bonchev–Trinajstić information content (AvgIpc) is 2.78. The van der Waals surface area contributed by atoms with Gasteiger partial charge in [-0.3, -0.25) is 0 Å². The smallest absolute Gasteiger partial charge is 0.199 e. The zero-order chi connectivity index (χ0) is 13.0. The Morgan fingerprint density at radius 2 is 2.06 bits per heavy atom. The third-order valence-electron chi connectivity index (χ3n) is 2.06. The molecule has 0 unspecified atom stereocenters. The van der Waals surface area contributed by atoms with Gasteiger partial charge >= 0.3 is 0 Å². The number of hydrogen-bond donors (Lipinski definition) is 2. The molecule has 0 bridgehead atoms. The molecule has 1 aromatic carbocycles. The van der Waals surface area contributed by atoms with Gasteiger partial charge in [0.2, 0.25) is 0 Å². The Morgan fingerprint density at radius 1 is 1.33 bits per heavy atom.